The Bertz CT molecular complexity index is 876. The van der Waals surface area contributed by atoms with Crippen molar-refractivity contribution in [2.75, 3.05) is 6.61 Å². The Kier molecular flexibility index (Phi) is 9.79. The summed E-state index contributed by atoms with van der Waals surface area (Å²) in [6.07, 6.45) is 19.3. The number of benzene rings is 1. The first-order valence-electron chi connectivity index (χ1n) is 9.56. The molecule has 1 aromatic heterocycles. The van der Waals surface area contributed by atoms with Crippen LogP contribution in [0, 0.1) is 80.7 Å². The largest absolute Gasteiger partial charge is 2.00 e. The van der Waals surface area contributed by atoms with Crippen LogP contribution >= 0.6 is 0 Å². The van der Waals surface area contributed by atoms with Crippen LogP contribution < -0.4 is 0 Å². The Morgan fingerprint density at radius 3 is 2.16 bits per heavy atom. The second-order valence-electron chi connectivity index (χ2n) is 6.51. The van der Waals surface area contributed by atoms with E-state index in [-0.39, 0.29) is 29.4 Å². The number of ether oxygens (including phenoxy) is 1. The van der Waals surface area contributed by atoms with Gasteiger partial charge in [-0.05, 0) is 88.8 Å². The van der Waals surface area contributed by atoms with Gasteiger partial charge in [-0.3, -0.25) is 10.1 Å². The van der Waals surface area contributed by atoms with Crippen molar-refractivity contribution in [1.29, 1.82) is 0 Å². The number of carbonyl (C=O) groups is 1. The van der Waals surface area contributed by atoms with E-state index in [9.17, 15) is 14.9 Å². The summed E-state index contributed by atoms with van der Waals surface area (Å²) in [5, 5.41) is 11.4. The Labute approximate surface area is 195 Å². The molecule has 0 amide bonds. The molecule has 2 fully saturated rings. The molecular formula is C24H22FeN2O4+2. The third-order valence-corrected chi connectivity index (χ3v) is 4.51. The van der Waals surface area contributed by atoms with Crippen LogP contribution in [0.5, 0.6) is 0 Å². The van der Waals surface area contributed by atoms with Gasteiger partial charge in [-0.2, -0.15) is 0 Å². The number of hydrogen-bond acceptors (Lipinski definition) is 4. The summed E-state index contributed by atoms with van der Waals surface area (Å²) in [4.78, 5) is 23.6. The average molecular weight is 458 g/mol. The topological polar surface area (TPSA) is 74.4 Å². The van der Waals surface area contributed by atoms with Gasteiger partial charge in [-0.25, -0.2) is 4.79 Å². The number of aromatic nitrogens is 1. The standard InChI is InChI=1S/C19H17N2O4.C5H5.Fe/c1-3-25-19(22)18-17(14-8-4-5-9-14)13(2)12-20(18)15-10-6-7-11-16(15)21(23)24;1-2-4-5-3-1;/h4-12H,3H2,1-2H3;1-5H;/q;;+2. The van der Waals surface area contributed by atoms with Crippen LogP contribution in [0.15, 0.2) is 30.5 Å². The summed E-state index contributed by atoms with van der Waals surface area (Å²) < 4.78 is 6.76. The van der Waals surface area contributed by atoms with E-state index in [0.29, 0.717) is 11.4 Å². The molecule has 10 radical (unpaired) electrons. The van der Waals surface area contributed by atoms with Crippen LogP contribution in [0.1, 0.15) is 28.5 Å². The first-order valence-corrected chi connectivity index (χ1v) is 9.56. The molecule has 31 heavy (non-hydrogen) atoms. The summed E-state index contributed by atoms with van der Waals surface area (Å²) in [7, 11) is 0. The number of rotatable bonds is 5. The monoisotopic (exact) mass is 458 g/mol. The summed E-state index contributed by atoms with van der Waals surface area (Å²) >= 11 is 0. The van der Waals surface area contributed by atoms with Crippen LogP contribution in [0.3, 0.4) is 0 Å². The van der Waals surface area contributed by atoms with Gasteiger partial charge >= 0.3 is 23.0 Å². The molecule has 1 aromatic carbocycles. The maximum Gasteiger partial charge on any atom is 2.00 e. The molecular weight excluding hydrogens is 436 g/mol. The zero-order chi connectivity index (χ0) is 21.5. The normalized spacial score (nSPS) is 15.7. The van der Waals surface area contributed by atoms with E-state index in [0.717, 1.165) is 17.0 Å². The van der Waals surface area contributed by atoms with Crippen LogP contribution in [0.4, 0.5) is 5.69 Å². The Morgan fingerprint density at radius 1 is 1.03 bits per heavy atom. The molecule has 2 saturated carbocycles. The minimum atomic E-state index is -0.509. The van der Waals surface area contributed by atoms with Gasteiger partial charge in [-0.1, -0.05) is 12.1 Å². The molecule has 0 unspecified atom stereocenters. The number of nitro benzene ring substituents is 1. The van der Waals surface area contributed by atoms with Crippen molar-refractivity contribution in [3.63, 3.8) is 0 Å². The molecule has 2 aromatic rings. The van der Waals surface area contributed by atoms with Crippen molar-refractivity contribution in [3.8, 4) is 5.69 Å². The fourth-order valence-corrected chi connectivity index (χ4v) is 3.27. The zero-order valence-electron chi connectivity index (χ0n) is 17.2. The molecule has 1 heterocycles. The summed E-state index contributed by atoms with van der Waals surface area (Å²) in [5.41, 5.74) is 2.11. The van der Waals surface area contributed by atoms with Crippen molar-refractivity contribution in [2.45, 2.75) is 13.8 Å². The molecule has 2 aliphatic carbocycles. The molecule has 4 rings (SSSR count). The van der Waals surface area contributed by atoms with Gasteiger partial charge < -0.3 is 9.30 Å². The minimum Gasteiger partial charge on any atom is -0.461 e. The number of esters is 1. The third-order valence-electron chi connectivity index (χ3n) is 4.51. The Morgan fingerprint density at radius 2 is 1.61 bits per heavy atom. The van der Waals surface area contributed by atoms with E-state index in [1.54, 1.807) is 35.9 Å². The van der Waals surface area contributed by atoms with Gasteiger partial charge in [0.1, 0.15) is 11.4 Å². The van der Waals surface area contributed by atoms with E-state index in [4.69, 9.17) is 4.74 Å². The molecule has 2 aliphatic rings. The molecule has 0 spiro atoms. The van der Waals surface area contributed by atoms with E-state index in [1.807, 2.05) is 64.7 Å². The number of para-hydroxylation sites is 2. The number of hydrogen-bond donors (Lipinski definition) is 0. The molecule has 0 aliphatic heterocycles. The predicted octanol–water partition coefficient (Wildman–Crippen LogP) is 4.64. The summed E-state index contributed by atoms with van der Waals surface area (Å²) in [6.45, 7) is 3.82. The van der Waals surface area contributed by atoms with Gasteiger partial charge in [0.05, 0.1) is 11.5 Å². The summed E-state index contributed by atoms with van der Waals surface area (Å²) in [5.74, 6) is 0.364. The number of aryl methyl sites for hydroxylation is 1. The molecule has 7 heteroatoms. The van der Waals surface area contributed by atoms with Crippen molar-refractivity contribution < 1.29 is 31.5 Å². The number of nitro groups is 1. The van der Waals surface area contributed by atoms with Crippen molar-refractivity contribution in [3.05, 3.63) is 121 Å². The van der Waals surface area contributed by atoms with Gasteiger partial charge in [0.25, 0.3) is 5.69 Å². The molecule has 0 atom stereocenters. The Hall–Kier alpha value is -2.11. The fraction of sp³-hybridized carbons (Fsp3) is 0.125. The smallest absolute Gasteiger partial charge is 0.461 e. The van der Waals surface area contributed by atoms with Gasteiger partial charge in [-0.15, -0.1) is 0 Å². The van der Waals surface area contributed by atoms with Gasteiger partial charge in [0.15, 0.2) is 0 Å². The third kappa shape index (κ3) is 5.98. The van der Waals surface area contributed by atoms with E-state index in [1.165, 1.54) is 6.07 Å². The molecule has 0 saturated heterocycles. The van der Waals surface area contributed by atoms with E-state index >= 15 is 0 Å². The second kappa shape index (κ2) is 12.1. The molecule has 0 N–H and O–H groups in total. The first-order chi connectivity index (χ1) is 14.5. The maximum atomic E-state index is 12.6. The first kappa shape index (κ1) is 25.2. The molecule has 6 nitrogen and oxygen atoms in total. The van der Waals surface area contributed by atoms with Crippen molar-refractivity contribution in [2.24, 2.45) is 0 Å². The zero-order valence-corrected chi connectivity index (χ0v) is 18.3. The van der Waals surface area contributed by atoms with Crippen LogP contribution in [0.2, 0.25) is 0 Å². The van der Waals surface area contributed by atoms with Gasteiger partial charge in [0.2, 0.25) is 0 Å². The van der Waals surface area contributed by atoms with Gasteiger partial charge in [0, 0.05) is 18.2 Å². The van der Waals surface area contributed by atoms with Crippen LogP contribution in [0.25, 0.3) is 5.69 Å². The van der Waals surface area contributed by atoms with Crippen molar-refractivity contribution in [1.82, 2.24) is 4.57 Å². The average Bonchev–Trinajstić information content (AvgIpc) is 3.50. The van der Waals surface area contributed by atoms with Crippen LogP contribution in [-0.2, 0) is 21.8 Å². The molecule has 0 bridgehead atoms. The minimum absolute atomic E-state index is 0. The summed E-state index contributed by atoms with van der Waals surface area (Å²) in [6, 6.07) is 6.34. The van der Waals surface area contributed by atoms with E-state index < -0.39 is 10.9 Å². The van der Waals surface area contributed by atoms with E-state index in [2.05, 4.69) is 0 Å². The predicted molar refractivity (Wildman–Crippen MR) is 114 cm³/mol. The quantitative estimate of drug-likeness (QED) is 0.283. The number of carbonyl (C=O) groups excluding carboxylic acids is 1. The SMILES string of the molecule is CCOC(=O)c1c([C]2[CH][CH][CH][CH]2)c(C)cn1-c1ccccc1[N+](=O)[O-].[CH]1[CH][CH][CH][CH]1.[Fe+2]. The fourth-order valence-electron chi connectivity index (χ4n) is 3.27. The van der Waals surface area contributed by atoms with Crippen molar-refractivity contribution >= 4 is 11.7 Å². The number of nitrogens with zero attached hydrogens (tertiary/aromatic N) is 2. The second-order valence-corrected chi connectivity index (χ2v) is 6.51. The van der Waals surface area contributed by atoms with Crippen LogP contribution in [-0.4, -0.2) is 22.1 Å². The maximum absolute atomic E-state index is 12.6. The Balaban J connectivity index is 0.000000501. The molecule has 158 valence electrons.